The third-order valence-electron chi connectivity index (χ3n) is 2.15. The number of carbonyl (C=O) groups excluding carboxylic acids is 2. The zero-order valence-corrected chi connectivity index (χ0v) is 11.4. The molecular formula is C14H14O3S. The number of ether oxygens (including phenoxy) is 1. The van der Waals surface area contributed by atoms with Gasteiger partial charge in [0.05, 0.1) is 18.4 Å². The first-order chi connectivity index (χ1) is 8.54. The van der Waals surface area contributed by atoms with Crippen molar-refractivity contribution < 1.29 is 14.3 Å². The third-order valence-corrected chi connectivity index (χ3v) is 2.85. The van der Waals surface area contributed by atoms with Crippen molar-refractivity contribution in [2.75, 3.05) is 12.9 Å². The van der Waals surface area contributed by atoms with Gasteiger partial charge in [0.25, 0.3) is 0 Å². The van der Waals surface area contributed by atoms with E-state index in [1.165, 1.54) is 14.0 Å². The molecule has 94 valence electrons. The Kier molecular flexibility index (Phi) is 5.47. The Labute approximate surface area is 111 Å². The molecule has 0 aliphatic carbocycles. The summed E-state index contributed by atoms with van der Waals surface area (Å²) < 4.78 is 4.70. The Balaban J connectivity index is 2.95. The van der Waals surface area contributed by atoms with Gasteiger partial charge >= 0.3 is 5.97 Å². The van der Waals surface area contributed by atoms with E-state index in [9.17, 15) is 9.59 Å². The Morgan fingerprint density at radius 2 is 2.11 bits per heavy atom. The minimum absolute atomic E-state index is 0.0294. The number of hydrogen-bond acceptors (Lipinski definition) is 4. The van der Waals surface area contributed by atoms with Crippen LogP contribution in [0.25, 0.3) is 0 Å². The lowest BCUT2D eigenvalue weighted by Crippen LogP contribution is -2.04. The van der Waals surface area contributed by atoms with Crippen LogP contribution in [0.2, 0.25) is 0 Å². The average Bonchev–Trinajstić information content (AvgIpc) is 2.33. The number of thioether (sulfide) groups is 1. The first-order valence-corrected chi connectivity index (χ1v) is 6.34. The van der Waals surface area contributed by atoms with Crippen LogP contribution in [0.3, 0.4) is 0 Å². The monoisotopic (exact) mass is 262 g/mol. The van der Waals surface area contributed by atoms with Crippen LogP contribution in [0.4, 0.5) is 0 Å². The molecule has 0 fully saturated rings. The molecule has 0 amide bonds. The van der Waals surface area contributed by atoms with Crippen molar-refractivity contribution in [3.63, 3.8) is 0 Å². The van der Waals surface area contributed by atoms with Gasteiger partial charge in [0.15, 0.2) is 5.12 Å². The van der Waals surface area contributed by atoms with Crippen LogP contribution < -0.4 is 0 Å². The lowest BCUT2D eigenvalue weighted by atomic mass is 10.1. The molecule has 0 aliphatic heterocycles. The van der Waals surface area contributed by atoms with Gasteiger partial charge in [-0.05, 0) is 24.6 Å². The molecule has 0 spiro atoms. The summed E-state index contributed by atoms with van der Waals surface area (Å²) in [5.74, 6) is 5.78. The second kappa shape index (κ2) is 6.87. The maximum Gasteiger partial charge on any atom is 0.339 e. The van der Waals surface area contributed by atoms with E-state index < -0.39 is 5.97 Å². The maximum atomic E-state index is 11.5. The number of benzene rings is 1. The molecule has 18 heavy (non-hydrogen) atoms. The van der Waals surface area contributed by atoms with Gasteiger partial charge in [-0.25, -0.2) is 4.79 Å². The van der Waals surface area contributed by atoms with Crippen LogP contribution >= 0.6 is 11.8 Å². The van der Waals surface area contributed by atoms with Crippen molar-refractivity contribution in [2.24, 2.45) is 0 Å². The summed E-state index contributed by atoms with van der Waals surface area (Å²) in [6, 6.07) is 5.36. The van der Waals surface area contributed by atoms with E-state index in [0.29, 0.717) is 16.9 Å². The minimum atomic E-state index is -0.404. The second-order valence-electron chi connectivity index (χ2n) is 3.62. The average molecular weight is 262 g/mol. The van der Waals surface area contributed by atoms with Crippen molar-refractivity contribution in [3.05, 3.63) is 34.9 Å². The predicted molar refractivity (Wildman–Crippen MR) is 72.5 cm³/mol. The lowest BCUT2D eigenvalue weighted by molar-refractivity contribution is -0.109. The zero-order chi connectivity index (χ0) is 13.5. The van der Waals surface area contributed by atoms with E-state index in [1.807, 2.05) is 19.1 Å². The van der Waals surface area contributed by atoms with Gasteiger partial charge in [-0.3, -0.25) is 4.79 Å². The summed E-state index contributed by atoms with van der Waals surface area (Å²) in [5, 5.41) is 0.0294. The number of esters is 1. The fourth-order valence-electron chi connectivity index (χ4n) is 1.32. The molecular weight excluding hydrogens is 248 g/mol. The molecule has 0 radical (unpaired) electrons. The zero-order valence-electron chi connectivity index (χ0n) is 10.6. The maximum absolute atomic E-state index is 11.5. The normalized spacial score (nSPS) is 9.28. The highest BCUT2D eigenvalue weighted by atomic mass is 32.2. The molecule has 0 aromatic heterocycles. The fraction of sp³-hybridized carbons (Fsp3) is 0.286. The van der Waals surface area contributed by atoms with Crippen LogP contribution in [0, 0.1) is 18.8 Å². The van der Waals surface area contributed by atoms with Crippen LogP contribution in [-0.2, 0) is 9.53 Å². The lowest BCUT2D eigenvalue weighted by Gasteiger charge is -2.03. The molecule has 1 aromatic rings. The summed E-state index contributed by atoms with van der Waals surface area (Å²) in [4.78, 5) is 22.3. The Hall–Kier alpha value is -1.73. The summed E-state index contributed by atoms with van der Waals surface area (Å²) in [6.45, 7) is 3.43. The van der Waals surface area contributed by atoms with Crippen LogP contribution in [-0.4, -0.2) is 23.9 Å². The number of hydrogen-bond donors (Lipinski definition) is 0. The Morgan fingerprint density at radius 1 is 1.39 bits per heavy atom. The van der Waals surface area contributed by atoms with Gasteiger partial charge in [-0.15, -0.1) is 0 Å². The van der Waals surface area contributed by atoms with Gasteiger partial charge in [0.2, 0.25) is 0 Å². The molecule has 1 aromatic carbocycles. The van der Waals surface area contributed by atoms with E-state index in [0.717, 1.165) is 17.3 Å². The SMILES string of the molecule is COC(=O)c1ccc(C)cc1C#CCSC(C)=O. The summed E-state index contributed by atoms with van der Waals surface area (Å²) in [5.41, 5.74) is 2.10. The van der Waals surface area contributed by atoms with Crippen molar-refractivity contribution in [3.8, 4) is 11.8 Å². The molecule has 3 nitrogen and oxygen atoms in total. The van der Waals surface area contributed by atoms with Crippen molar-refractivity contribution in [1.82, 2.24) is 0 Å². The standard InChI is InChI=1S/C14H14O3S/c1-10-6-7-13(14(16)17-3)12(9-10)5-4-8-18-11(2)15/h6-7,9H,8H2,1-3H3. The number of methoxy groups -OCH3 is 1. The molecule has 0 saturated carbocycles. The predicted octanol–water partition coefficient (Wildman–Crippen LogP) is 2.41. The Bertz CT molecular complexity index is 524. The van der Waals surface area contributed by atoms with Gasteiger partial charge in [0, 0.05) is 12.5 Å². The topological polar surface area (TPSA) is 43.4 Å². The smallest absolute Gasteiger partial charge is 0.339 e. The number of rotatable bonds is 2. The van der Waals surface area contributed by atoms with E-state index in [-0.39, 0.29) is 5.12 Å². The Morgan fingerprint density at radius 3 is 2.72 bits per heavy atom. The highest BCUT2D eigenvalue weighted by molar-refractivity contribution is 8.13. The van der Waals surface area contributed by atoms with Crippen LogP contribution in [0.15, 0.2) is 18.2 Å². The summed E-state index contributed by atoms with van der Waals surface area (Å²) in [7, 11) is 1.34. The molecule has 0 N–H and O–H groups in total. The van der Waals surface area contributed by atoms with Crippen molar-refractivity contribution in [2.45, 2.75) is 13.8 Å². The highest BCUT2D eigenvalue weighted by Crippen LogP contribution is 2.12. The van der Waals surface area contributed by atoms with Gasteiger partial charge in [0.1, 0.15) is 0 Å². The third kappa shape index (κ3) is 4.27. The number of carbonyl (C=O) groups is 2. The minimum Gasteiger partial charge on any atom is -0.465 e. The molecule has 1 rings (SSSR count). The van der Waals surface area contributed by atoms with Gasteiger partial charge in [-0.1, -0.05) is 29.7 Å². The molecule has 0 heterocycles. The van der Waals surface area contributed by atoms with Gasteiger partial charge in [-0.2, -0.15) is 0 Å². The van der Waals surface area contributed by atoms with E-state index in [1.54, 1.807) is 6.07 Å². The molecule has 0 aliphatic rings. The molecule has 0 atom stereocenters. The second-order valence-corrected chi connectivity index (χ2v) is 4.77. The number of aryl methyl sites for hydroxylation is 1. The molecule has 4 heteroatoms. The molecule has 0 saturated heterocycles. The van der Waals surface area contributed by atoms with Crippen molar-refractivity contribution >= 4 is 22.8 Å². The molecule has 0 bridgehead atoms. The first-order valence-electron chi connectivity index (χ1n) is 5.36. The quantitative estimate of drug-likeness (QED) is 0.606. The fourth-order valence-corrected chi connectivity index (χ4v) is 1.67. The largest absolute Gasteiger partial charge is 0.465 e. The van der Waals surface area contributed by atoms with Crippen LogP contribution in [0.1, 0.15) is 28.4 Å². The van der Waals surface area contributed by atoms with Crippen LogP contribution in [0.5, 0.6) is 0 Å². The highest BCUT2D eigenvalue weighted by Gasteiger charge is 2.09. The first kappa shape index (κ1) is 14.3. The summed E-state index contributed by atoms with van der Waals surface area (Å²) in [6.07, 6.45) is 0. The van der Waals surface area contributed by atoms with Gasteiger partial charge < -0.3 is 4.74 Å². The van der Waals surface area contributed by atoms with Crippen molar-refractivity contribution in [1.29, 1.82) is 0 Å². The van der Waals surface area contributed by atoms with E-state index >= 15 is 0 Å². The summed E-state index contributed by atoms with van der Waals surface area (Å²) >= 11 is 1.15. The molecule has 0 unspecified atom stereocenters. The van der Waals surface area contributed by atoms with E-state index in [4.69, 9.17) is 4.74 Å². The van der Waals surface area contributed by atoms with E-state index in [2.05, 4.69) is 11.8 Å².